The number of rotatable bonds is 8. The molecule has 41 heavy (non-hydrogen) atoms. The summed E-state index contributed by atoms with van der Waals surface area (Å²) in [6, 6.07) is 8.94. The number of pyridine rings is 1. The number of benzene rings is 1. The van der Waals surface area contributed by atoms with E-state index in [0.717, 1.165) is 31.9 Å². The van der Waals surface area contributed by atoms with Crippen molar-refractivity contribution in [2.75, 3.05) is 43.5 Å². The highest BCUT2D eigenvalue weighted by atomic mass is 35.5. The van der Waals surface area contributed by atoms with Gasteiger partial charge < -0.3 is 25.4 Å². The van der Waals surface area contributed by atoms with Crippen LogP contribution in [0.3, 0.4) is 0 Å². The maximum atomic E-state index is 14.2. The number of hydrogen-bond acceptors (Lipinski definition) is 9. The van der Waals surface area contributed by atoms with E-state index in [1.165, 1.54) is 18.5 Å². The van der Waals surface area contributed by atoms with Crippen LogP contribution in [0.5, 0.6) is 5.75 Å². The molecule has 2 fully saturated rings. The molecule has 1 amide bonds. The number of anilines is 3. The third kappa shape index (κ3) is 5.50. The number of methoxy groups -OCH3 is 1. The number of nitrogens with one attached hydrogen (secondary N) is 1. The molecule has 3 unspecified atom stereocenters. The molecule has 3 N–H and O–H groups in total. The van der Waals surface area contributed by atoms with Crippen molar-refractivity contribution in [3.8, 4) is 17.1 Å². The van der Waals surface area contributed by atoms with E-state index in [4.69, 9.17) is 26.8 Å². The van der Waals surface area contributed by atoms with Gasteiger partial charge in [-0.25, -0.2) is 19.3 Å². The fourth-order valence-corrected chi connectivity index (χ4v) is 5.76. The van der Waals surface area contributed by atoms with Crippen molar-refractivity contribution in [3.05, 3.63) is 59.8 Å². The summed E-state index contributed by atoms with van der Waals surface area (Å²) in [6.07, 6.45) is 5.11. The highest BCUT2D eigenvalue weighted by Gasteiger charge is 2.37. The van der Waals surface area contributed by atoms with Gasteiger partial charge in [0, 0.05) is 56.6 Å². The predicted molar refractivity (Wildman–Crippen MR) is 153 cm³/mol. The molecule has 0 saturated carbocycles. The zero-order valence-corrected chi connectivity index (χ0v) is 23.4. The van der Waals surface area contributed by atoms with Crippen LogP contribution in [0, 0.1) is 5.82 Å². The van der Waals surface area contributed by atoms with E-state index >= 15 is 0 Å². The molecule has 4 aromatic rings. The summed E-state index contributed by atoms with van der Waals surface area (Å²) in [5, 5.41) is 3.53. The first-order chi connectivity index (χ1) is 19.8. The normalized spacial score (nSPS) is 19.8. The van der Waals surface area contributed by atoms with E-state index < -0.39 is 5.82 Å². The molecular weight excluding hydrogens is 551 g/mol. The standard InChI is InChI=1S/C28H30ClFN8O3/c1-16(8-25(31)39)36-12-18-14-37(15-19(13-36)41-18)17-5-6-22(24(9-17)40-2)34-28-33-10-20(29)26(35-28)23-11-32-27-21(30)4-3-7-38(23)27/h3-7,9-11,16,18-19H,8,12-15H2,1-2H3,(H2,31,39)(H,33,34,35). The van der Waals surface area contributed by atoms with Crippen LogP contribution in [0.4, 0.5) is 21.7 Å². The van der Waals surface area contributed by atoms with Crippen molar-refractivity contribution in [2.45, 2.75) is 31.6 Å². The Hall–Kier alpha value is -4.00. The van der Waals surface area contributed by atoms with Gasteiger partial charge in [-0.15, -0.1) is 0 Å². The van der Waals surface area contributed by atoms with Crippen LogP contribution in [0.25, 0.3) is 17.0 Å². The number of ether oxygens (including phenoxy) is 2. The number of morpholine rings is 2. The van der Waals surface area contributed by atoms with E-state index in [-0.39, 0.29) is 29.8 Å². The zero-order chi connectivity index (χ0) is 28.7. The molecule has 0 radical (unpaired) electrons. The smallest absolute Gasteiger partial charge is 0.227 e. The largest absolute Gasteiger partial charge is 0.494 e. The molecule has 3 atom stereocenters. The maximum absolute atomic E-state index is 14.2. The molecule has 0 aliphatic carbocycles. The van der Waals surface area contributed by atoms with Crippen molar-refractivity contribution >= 4 is 40.5 Å². The Morgan fingerprint density at radius 1 is 1.22 bits per heavy atom. The number of imidazole rings is 1. The molecule has 11 nitrogen and oxygen atoms in total. The van der Waals surface area contributed by atoms with Gasteiger partial charge in [-0.2, -0.15) is 0 Å². The molecule has 1 aromatic carbocycles. The second-order valence-electron chi connectivity index (χ2n) is 10.4. The van der Waals surface area contributed by atoms with Crippen molar-refractivity contribution in [2.24, 2.45) is 5.73 Å². The Bertz CT molecular complexity index is 1590. The van der Waals surface area contributed by atoms with Gasteiger partial charge >= 0.3 is 0 Å². The zero-order valence-electron chi connectivity index (χ0n) is 22.6. The fraction of sp³-hybridized carbons (Fsp3) is 0.357. The average Bonchev–Trinajstić information content (AvgIpc) is 3.38. The third-order valence-corrected chi connectivity index (χ3v) is 7.78. The van der Waals surface area contributed by atoms with E-state index in [2.05, 4.69) is 30.1 Å². The Morgan fingerprint density at radius 3 is 2.73 bits per heavy atom. The van der Waals surface area contributed by atoms with E-state index in [1.54, 1.807) is 23.8 Å². The summed E-state index contributed by atoms with van der Waals surface area (Å²) in [5.74, 6) is 0.189. The number of fused-ring (bicyclic) bond motifs is 3. The van der Waals surface area contributed by atoms with Crippen molar-refractivity contribution in [3.63, 3.8) is 0 Å². The predicted octanol–water partition coefficient (Wildman–Crippen LogP) is 3.49. The summed E-state index contributed by atoms with van der Waals surface area (Å²) < 4.78 is 27.7. The monoisotopic (exact) mass is 580 g/mol. The fourth-order valence-electron chi connectivity index (χ4n) is 5.57. The number of amides is 1. The Balaban J connectivity index is 1.20. The summed E-state index contributed by atoms with van der Waals surface area (Å²) >= 11 is 6.43. The van der Waals surface area contributed by atoms with Gasteiger partial charge in [0.2, 0.25) is 11.9 Å². The van der Waals surface area contributed by atoms with Gasteiger partial charge in [0.05, 0.1) is 48.1 Å². The van der Waals surface area contributed by atoms with Gasteiger partial charge in [0.1, 0.15) is 11.4 Å². The average molecular weight is 581 g/mol. The van der Waals surface area contributed by atoms with Crippen LogP contribution in [0.1, 0.15) is 13.3 Å². The summed E-state index contributed by atoms with van der Waals surface area (Å²) in [5.41, 5.74) is 8.23. The quantitative estimate of drug-likeness (QED) is 0.322. The lowest BCUT2D eigenvalue weighted by molar-refractivity contribution is -0.123. The van der Waals surface area contributed by atoms with E-state index in [9.17, 15) is 9.18 Å². The van der Waals surface area contributed by atoms with Gasteiger partial charge in [-0.1, -0.05) is 11.6 Å². The van der Waals surface area contributed by atoms with Crippen LogP contribution in [-0.2, 0) is 9.53 Å². The molecule has 2 bridgehead atoms. The third-order valence-electron chi connectivity index (χ3n) is 7.50. The first-order valence-electron chi connectivity index (χ1n) is 13.3. The van der Waals surface area contributed by atoms with Gasteiger partial charge in [-0.3, -0.25) is 14.1 Å². The van der Waals surface area contributed by atoms with Crippen LogP contribution >= 0.6 is 11.6 Å². The van der Waals surface area contributed by atoms with Crippen molar-refractivity contribution < 1.29 is 18.7 Å². The molecular formula is C28H30ClFN8O3. The molecule has 2 saturated heterocycles. The summed E-state index contributed by atoms with van der Waals surface area (Å²) in [7, 11) is 1.61. The summed E-state index contributed by atoms with van der Waals surface area (Å²) in [6.45, 7) is 4.96. The van der Waals surface area contributed by atoms with Crippen LogP contribution in [0.15, 0.2) is 48.9 Å². The number of halogens is 2. The highest BCUT2D eigenvalue weighted by molar-refractivity contribution is 6.32. The van der Waals surface area contributed by atoms with Crippen LogP contribution < -0.4 is 20.7 Å². The molecule has 3 aromatic heterocycles. The topological polar surface area (TPSA) is 123 Å². The number of carbonyl (C=O) groups is 1. The Morgan fingerprint density at radius 2 is 2.00 bits per heavy atom. The Kier molecular flexibility index (Phi) is 7.37. The molecule has 0 spiro atoms. The Labute approximate surface area is 241 Å². The number of aromatic nitrogens is 4. The minimum Gasteiger partial charge on any atom is -0.494 e. The van der Waals surface area contributed by atoms with Crippen LogP contribution in [-0.4, -0.2) is 81.7 Å². The first-order valence-corrected chi connectivity index (χ1v) is 13.7. The second kappa shape index (κ2) is 11.1. The molecule has 2 aliphatic heterocycles. The first kappa shape index (κ1) is 27.2. The number of primary amides is 1. The summed E-state index contributed by atoms with van der Waals surface area (Å²) in [4.78, 5) is 29.1. The maximum Gasteiger partial charge on any atom is 0.227 e. The number of hydrogen-bond donors (Lipinski definition) is 2. The van der Waals surface area contributed by atoms with Crippen molar-refractivity contribution in [1.82, 2.24) is 24.3 Å². The van der Waals surface area contributed by atoms with Gasteiger partial charge in [-0.05, 0) is 31.2 Å². The lowest BCUT2D eigenvalue weighted by Crippen LogP contribution is -2.61. The lowest BCUT2D eigenvalue weighted by atomic mass is 10.0. The highest BCUT2D eigenvalue weighted by Crippen LogP contribution is 2.35. The van der Waals surface area contributed by atoms with Gasteiger partial charge in [0.15, 0.2) is 11.5 Å². The number of carbonyl (C=O) groups excluding carboxylic acids is 1. The van der Waals surface area contributed by atoms with Crippen LogP contribution in [0.2, 0.25) is 5.02 Å². The van der Waals surface area contributed by atoms with Crippen molar-refractivity contribution in [1.29, 1.82) is 0 Å². The SMILES string of the molecule is COc1cc(N2CC3CN(C(C)CC(N)=O)CC(C2)O3)ccc1Nc1ncc(Cl)c(-c2cnc3c(F)cccn23)n1. The number of nitrogens with zero attached hydrogens (tertiary/aromatic N) is 6. The van der Waals surface area contributed by atoms with E-state index in [0.29, 0.717) is 40.2 Å². The lowest BCUT2D eigenvalue weighted by Gasteiger charge is -2.48. The number of nitrogens with two attached hydrogens (primary N) is 1. The molecule has 6 rings (SSSR count). The van der Waals surface area contributed by atoms with Gasteiger partial charge in [0.25, 0.3) is 0 Å². The minimum absolute atomic E-state index is 0.0237. The molecule has 5 heterocycles. The van der Waals surface area contributed by atoms with E-state index in [1.807, 2.05) is 25.1 Å². The molecule has 214 valence electrons. The second-order valence-corrected chi connectivity index (χ2v) is 10.8. The minimum atomic E-state index is -0.439. The molecule has 2 aliphatic rings. The molecule has 13 heteroatoms.